The van der Waals surface area contributed by atoms with E-state index in [2.05, 4.69) is 28.3 Å². The second-order valence-electron chi connectivity index (χ2n) is 5.04. The number of hydrogen-bond donors (Lipinski definition) is 0. The van der Waals surface area contributed by atoms with Gasteiger partial charge < -0.3 is 4.90 Å². The molecule has 0 saturated heterocycles. The molecule has 0 saturated carbocycles. The van der Waals surface area contributed by atoms with Crippen molar-refractivity contribution in [2.75, 3.05) is 19.0 Å². The van der Waals surface area contributed by atoms with Gasteiger partial charge in [-0.1, -0.05) is 11.3 Å². The van der Waals surface area contributed by atoms with Crippen LogP contribution in [0.2, 0.25) is 0 Å². The SMILES string of the molecule is CCc1nsc(N=Nc2ccc(N(C)C)cc2N=S(=O)(OF)C(F)F)n1. The Hall–Kier alpha value is -2.12. The highest BCUT2D eigenvalue weighted by molar-refractivity contribution is 7.89. The molecule has 0 amide bonds. The molecule has 142 valence electrons. The van der Waals surface area contributed by atoms with E-state index in [-0.39, 0.29) is 16.5 Å². The Labute approximate surface area is 152 Å². The van der Waals surface area contributed by atoms with Crippen LogP contribution in [0.4, 0.5) is 35.5 Å². The van der Waals surface area contributed by atoms with Gasteiger partial charge in [0.15, 0.2) is 0 Å². The molecular formula is C13H15F3N6O2S2. The first-order valence-corrected chi connectivity index (χ1v) is 9.46. The summed E-state index contributed by atoms with van der Waals surface area (Å²) in [5.74, 6) is -3.06. The van der Waals surface area contributed by atoms with Crippen LogP contribution in [0.3, 0.4) is 0 Å². The van der Waals surface area contributed by atoms with Crippen molar-refractivity contribution in [3.63, 3.8) is 0 Å². The zero-order valence-electron chi connectivity index (χ0n) is 14.0. The average Bonchev–Trinajstić information content (AvgIpc) is 3.08. The van der Waals surface area contributed by atoms with E-state index in [1.807, 2.05) is 6.92 Å². The maximum atomic E-state index is 12.8. The van der Waals surface area contributed by atoms with Gasteiger partial charge in [0.2, 0.25) is 5.13 Å². The number of benzene rings is 1. The summed E-state index contributed by atoms with van der Waals surface area (Å²) in [6, 6.07) is 4.35. The molecule has 1 aromatic carbocycles. The molecule has 2 rings (SSSR count). The van der Waals surface area contributed by atoms with E-state index in [9.17, 15) is 17.5 Å². The fourth-order valence-electron chi connectivity index (χ4n) is 1.69. The summed E-state index contributed by atoms with van der Waals surface area (Å²) in [6.45, 7) is 1.87. The Kier molecular flexibility index (Phi) is 6.61. The van der Waals surface area contributed by atoms with Crippen molar-refractivity contribution in [3.8, 4) is 0 Å². The molecule has 0 bridgehead atoms. The van der Waals surface area contributed by atoms with Gasteiger partial charge in [-0.2, -0.15) is 17.5 Å². The van der Waals surface area contributed by atoms with Gasteiger partial charge in [0.1, 0.15) is 17.2 Å². The molecule has 26 heavy (non-hydrogen) atoms. The van der Waals surface area contributed by atoms with Gasteiger partial charge in [0, 0.05) is 37.7 Å². The van der Waals surface area contributed by atoms with Crippen molar-refractivity contribution in [1.29, 1.82) is 0 Å². The number of aromatic nitrogens is 2. The van der Waals surface area contributed by atoms with Crippen molar-refractivity contribution in [3.05, 3.63) is 24.0 Å². The minimum absolute atomic E-state index is 0.00530. The molecular weight excluding hydrogens is 393 g/mol. The number of alkyl halides is 2. The van der Waals surface area contributed by atoms with E-state index in [1.54, 1.807) is 25.1 Å². The van der Waals surface area contributed by atoms with E-state index < -0.39 is 15.8 Å². The molecule has 0 aliphatic rings. The van der Waals surface area contributed by atoms with Crippen molar-refractivity contribution in [2.45, 2.75) is 19.1 Å². The smallest absolute Gasteiger partial charge is 0.345 e. The van der Waals surface area contributed by atoms with Gasteiger partial charge in [0.05, 0.1) is 0 Å². The number of hydrogen-bond acceptors (Lipinski definition) is 9. The highest BCUT2D eigenvalue weighted by Crippen LogP contribution is 2.35. The average molecular weight is 408 g/mol. The van der Waals surface area contributed by atoms with Crippen LogP contribution < -0.4 is 4.90 Å². The highest BCUT2D eigenvalue weighted by Gasteiger charge is 2.25. The molecule has 0 spiro atoms. The Morgan fingerprint density at radius 2 is 2.04 bits per heavy atom. The van der Waals surface area contributed by atoms with Crippen LogP contribution in [-0.2, 0) is 20.8 Å². The lowest BCUT2D eigenvalue weighted by atomic mass is 10.2. The molecule has 0 radical (unpaired) electrons. The first-order chi connectivity index (χ1) is 12.3. The number of rotatable bonds is 7. The van der Waals surface area contributed by atoms with Crippen LogP contribution >= 0.6 is 11.5 Å². The van der Waals surface area contributed by atoms with Crippen molar-refractivity contribution < 1.29 is 21.9 Å². The quantitative estimate of drug-likeness (QED) is 0.618. The van der Waals surface area contributed by atoms with Crippen LogP contribution in [0.15, 0.2) is 32.8 Å². The zero-order chi connectivity index (χ0) is 19.3. The summed E-state index contributed by atoms with van der Waals surface area (Å²) in [5, 5.41) is 7.99. The number of azo groups is 1. The predicted molar refractivity (Wildman–Crippen MR) is 92.7 cm³/mol. The number of halogens is 3. The van der Waals surface area contributed by atoms with E-state index in [0.717, 1.165) is 11.5 Å². The van der Waals surface area contributed by atoms with Crippen molar-refractivity contribution in [1.82, 2.24) is 9.36 Å². The van der Waals surface area contributed by atoms with E-state index in [4.69, 9.17) is 0 Å². The lowest BCUT2D eigenvalue weighted by Gasteiger charge is -2.13. The summed E-state index contributed by atoms with van der Waals surface area (Å²) in [6.07, 6.45) is 0.619. The number of anilines is 1. The van der Waals surface area contributed by atoms with Crippen LogP contribution in [0.25, 0.3) is 0 Å². The van der Waals surface area contributed by atoms with Gasteiger partial charge in [0.25, 0.3) is 10.0 Å². The van der Waals surface area contributed by atoms with Gasteiger partial charge in [-0.3, -0.25) is 0 Å². The largest absolute Gasteiger partial charge is 0.378 e. The molecule has 1 atom stereocenters. The third kappa shape index (κ3) is 4.74. The van der Waals surface area contributed by atoms with E-state index >= 15 is 0 Å². The molecule has 2 aromatic rings. The highest BCUT2D eigenvalue weighted by atomic mass is 32.2. The fourth-order valence-corrected chi connectivity index (χ4v) is 2.86. The van der Waals surface area contributed by atoms with Crippen LogP contribution in [0, 0.1) is 0 Å². The molecule has 13 heteroatoms. The van der Waals surface area contributed by atoms with E-state index in [0.29, 0.717) is 17.9 Å². The lowest BCUT2D eigenvalue weighted by Crippen LogP contribution is -2.11. The summed E-state index contributed by atoms with van der Waals surface area (Å²) < 4.78 is 60.1. The molecule has 0 N–H and O–H groups in total. The molecule has 0 aliphatic carbocycles. The van der Waals surface area contributed by atoms with E-state index in [1.165, 1.54) is 12.1 Å². The molecule has 1 aromatic heterocycles. The maximum Gasteiger partial charge on any atom is 0.345 e. The summed E-state index contributed by atoms with van der Waals surface area (Å²) in [7, 11) is -1.47. The third-order valence-corrected chi connectivity index (χ3v) is 4.75. The number of nitrogens with zero attached hydrogens (tertiary/aromatic N) is 6. The van der Waals surface area contributed by atoms with Crippen molar-refractivity contribution >= 4 is 43.7 Å². The second-order valence-corrected chi connectivity index (χ2v) is 7.47. The minimum Gasteiger partial charge on any atom is -0.378 e. The standard InChI is InChI=1S/C13H15F3N6O2S2/c1-4-11-17-13(25-20-11)19-18-9-6-5-8(22(2)3)7-10(9)21-26(23,24-16)12(14)15/h5-7,12H,4H2,1-3H3. The van der Waals surface area contributed by atoms with Gasteiger partial charge in [-0.25, -0.2) is 9.19 Å². The topological polar surface area (TPSA) is 92.4 Å². The first-order valence-electron chi connectivity index (χ1n) is 7.19. The Bertz CT molecular complexity index is 909. The maximum absolute atomic E-state index is 12.8. The Morgan fingerprint density at radius 3 is 2.58 bits per heavy atom. The van der Waals surface area contributed by atoms with Crippen LogP contribution in [0.5, 0.6) is 0 Å². The van der Waals surface area contributed by atoms with Gasteiger partial charge >= 0.3 is 5.76 Å². The minimum atomic E-state index is -4.86. The molecule has 1 heterocycles. The molecule has 1 unspecified atom stereocenters. The summed E-state index contributed by atoms with van der Waals surface area (Å²) in [5.41, 5.74) is 0.277. The second kappa shape index (κ2) is 8.51. The summed E-state index contributed by atoms with van der Waals surface area (Å²) in [4.78, 5) is 5.74. The predicted octanol–water partition coefficient (Wildman–Crippen LogP) is 4.72. The zero-order valence-corrected chi connectivity index (χ0v) is 15.6. The summed E-state index contributed by atoms with van der Waals surface area (Å²) >= 11 is 1.01. The molecule has 0 aliphatic heterocycles. The Balaban J connectivity index is 2.51. The Morgan fingerprint density at radius 1 is 1.31 bits per heavy atom. The van der Waals surface area contributed by atoms with Crippen molar-refractivity contribution in [2.24, 2.45) is 14.6 Å². The molecule has 0 fully saturated rings. The van der Waals surface area contributed by atoms with Gasteiger partial charge in [-0.15, -0.1) is 10.2 Å². The van der Waals surface area contributed by atoms with Gasteiger partial charge in [-0.05, 0) is 22.7 Å². The monoisotopic (exact) mass is 408 g/mol. The fraction of sp³-hybridized carbons (Fsp3) is 0.385. The van der Waals surface area contributed by atoms with Crippen LogP contribution in [0.1, 0.15) is 12.7 Å². The van der Waals surface area contributed by atoms with Crippen LogP contribution in [-0.4, -0.2) is 33.4 Å². The lowest BCUT2D eigenvalue weighted by molar-refractivity contribution is -0.000950. The molecule has 8 nitrogen and oxygen atoms in total. The number of aryl methyl sites for hydroxylation is 1. The third-order valence-electron chi connectivity index (χ3n) is 3.03. The first kappa shape index (κ1) is 20.2. The normalized spacial score (nSPS) is 14.0.